The third-order valence-corrected chi connectivity index (χ3v) is 8.85. The van der Waals surface area contributed by atoms with Crippen molar-refractivity contribution >= 4 is 33.5 Å². The van der Waals surface area contributed by atoms with Gasteiger partial charge in [0.25, 0.3) is 0 Å². The average Bonchev–Trinajstić information content (AvgIpc) is 3.56. The maximum Gasteiger partial charge on any atom is 0.159 e. The molecule has 1 N–H and O–H groups in total. The molecule has 0 spiro atoms. The van der Waals surface area contributed by atoms with Gasteiger partial charge in [0, 0.05) is 45.5 Å². The Morgan fingerprint density at radius 2 is 1.29 bits per heavy atom. The maximum absolute atomic E-state index is 8.69. The number of benzene rings is 6. The Kier molecular flexibility index (Phi) is 5.90. The zero-order valence-electron chi connectivity index (χ0n) is 31.2. The van der Waals surface area contributed by atoms with Gasteiger partial charge in [0.05, 0.1) is 17.9 Å². The largest absolute Gasteiger partial charge is 0.344 e. The maximum atomic E-state index is 8.69. The van der Waals surface area contributed by atoms with E-state index in [0.29, 0.717) is 11.7 Å². The quantitative estimate of drug-likeness (QED) is 0.198. The lowest BCUT2D eigenvalue weighted by Gasteiger charge is -2.24. The predicted octanol–water partition coefficient (Wildman–Crippen LogP) is 10.0. The molecular weight excluding hydrogens is 599 g/mol. The summed E-state index contributed by atoms with van der Waals surface area (Å²) in [6.45, 7) is 0. The Bertz CT molecular complexity index is 2770. The van der Waals surface area contributed by atoms with E-state index in [1.165, 1.54) is 0 Å². The van der Waals surface area contributed by atoms with Gasteiger partial charge in [0.2, 0.25) is 0 Å². The molecule has 0 saturated carbocycles. The first-order valence-electron chi connectivity index (χ1n) is 18.6. The predicted molar refractivity (Wildman–Crippen MR) is 201 cm³/mol. The number of aromatic nitrogens is 2. The fourth-order valence-corrected chi connectivity index (χ4v) is 6.47. The minimum absolute atomic E-state index is 0.130. The Hall–Kier alpha value is -6.59. The van der Waals surface area contributed by atoms with Crippen molar-refractivity contribution < 1.29 is 6.85 Å². The van der Waals surface area contributed by atoms with E-state index in [1.807, 2.05) is 85.1 Å². The molecule has 5 heteroatoms. The lowest BCUT2D eigenvalue weighted by Crippen LogP contribution is -2.33. The first-order valence-corrected chi connectivity index (χ1v) is 16.1. The molecule has 0 aliphatic carbocycles. The number of pyridine rings is 1. The fraction of sp³-hybridized carbons (Fsp3) is 0.0227. The molecule has 1 atom stereocenters. The molecule has 0 amide bonds. The first-order chi connectivity index (χ1) is 26.4. The SMILES string of the molecule is [2H]c1c([2H])c([2H])c(-n2c3ccccc3c3cc(-c4ccc(C5=NC(c6cccc(-c7cccnc7)c6)=NC(c6ccccc6)N5)cc4)ccc32)c([2H])c1[2H]. The van der Waals surface area contributed by atoms with Crippen LogP contribution in [0.1, 0.15) is 29.7 Å². The summed E-state index contributed by atoms with van der Waals surface area (Å²) in [4.78, 5) is 14.4. The van der Waals surface area contributed by atoms with Crippen molar-refractivity contribution in [3.05, 3.63) is 193 Å². The number of rotatable bonds is 6. The summed E-state index contributed by atoms with van der Waals surface area (Å²) < 4.78 is 43.9. The molecule has 1 aliphatic heterocycles. The summed E-state index contributed by atoms with van der Waals surface area (Å²) >= 11 is 0. The highest BCUT2D eigenvalue weighted by Gasteiger charge is 2.21. The Morgan fingerprint density at radius 1 is 0.571 bits per heavy atom. The third kappa shape index (κ3) is 5.37. The highest BCUT2D eigenvalue weighted by atomic mass is 15.2. The van der Waals surface area contributed by atoms with Gasteiger partial charge < -0.3 is 9.88 Å². The van der Waals surface area contributed by atoms with E-state index in [0.717, 1.165) is 60.8 Å². The van der Waals surface area contributed by atoms with E-state index >= 15 is 0 Å². The molecule has 0 fully saturated rings. The molecule has 232 valence electrons. The highest BCUT2D eigenvalue weighted by Crippen LogP contribution is 2.35. The summed E-state index contributed by atoms with van der Waals surface area (Å²) in [5.74, 6) is 1.35. The van der Waals surface area contributed by atoms with Crippen LogP contribution in [0.4, 0.5) is 0 Å². The van der Waals surface area contributed by atoms with E-state index < -0.39 is 6.04 Å². The van der Waals surface area contributed by atoms with Gasteiger partial charge in [-0.1, -0.05) is 121 Å². The van der Waals surface area contributed by atoms with Crippen LogP contribution in [0.5, 0.6) is 0 Å². The van der Waals surface area contributed by atoms with Gasteiger partial charge in [-0.25, -0.2) is 9.98 Å². The van der Waals surface area contributed by atoms with Crippen molar-refractivity contribution in [2.75, 3.05) is 0 Å². The molecule has 5 nitrogen and oxygen atoms in total. The Morgan fingerprint density at radius 3 is 2.12 bits per heavy atom. The van der Waals surface area contributed by atoms with Crippen LogP contribution < -0.4 is 5.32 Å². The number of aliphatic imine (C=N–C) groups is 2. The van der Waals surface area contributed by atoms with Crippen molar-refractivity contribution in [3.8, 4) is 27.9 Å². The van der Waals surface area contributed by atoms with E-state index in [1.54, 1.807) is 10.8 Å². The van der Waals surface area contributed by atoms with Crippen LogP contribution in [0.3, 0.4) is 0 Å². The minimum Gasteiger partial charge on any atom is -0.344 e. The number of hydrogen-bond acceptors (Lipinski definition) is 4. The summed E-state index contributed by atoms with van der Waals surface area (Å²) in [6, 6.07) is 42.7. The zero-order chi connectivity index (χ0) is 36.9. The van der Waals surface area contributed by atoms with E-state index in [9.17, 15) is 0 Å². The summed E-state index contributed by atoms with van der Waals surface area (Å²) in [7, 11) is 0. The zero-order valence-corrected chi connectivity index (χ0v) is 26.2. The highest BCUT2D eigenvalue weighted by molar-refractivity contribution is 6.14. The lowest BCUT2D eigenvalue weighted by atomic mass is 10.0. The van der Waals surface area contributed by atoms with Crippen molar-refractivity contribution in [1.29, 1.82) is 0 Å². The molecule has 2 aromatic heterocycles. The van der Waals surface area contributed by atoms with Gasteiger partial charge in [0.15, 0.2) is 5.84 Å². The monoisotopic (exact) mass is 634 g/mol. The average molecular weight is 635 g/mol. The molecule has 0 bridgehead atoms. The van der Waals surface area contributed by atoms with Gasteiger partial charge >= 0.3 is 0 Å². The molecule has 49 heavy (non-hydrogen) atoms. The van der Waals surface area contributed by atoms with E-state index in [2.05, 4.69) is 64.9 Å². The summed E-state index contributed by atoms with van der Waals surface area (Å²) in [5, 5.41) is 5.39. The van der Waals surface area contributed by atoms with Gasteiger partial charge in [-0.05, 0) is 64.7 Å². The van der Waals surface area contributed by atoms with Gasteiger partial charge in [-0.15, -0.1) is 0 Å². The molecular formula is C44H31N5. The van der Waals surface area contributed by atoms with Crippen LogP contribution in [0.15, 0.2) is 186 Å². The van der Waals surface area contributed by atoms with Crippen molar-refractivity contribution in [3.63, 3.8) is 0 Å². The molecule has 0 saturated heterocycles. The first kappa shape index (κ1) is 23.7. The van der Waals surface area contributed by atoms with Crippen LogP contribution in [0.2, 0.25) is 0 Å². The van der Waals surface area contributed by atoms with Crippen molar-refractivity contribution in [2.24, 2.45) is 9.98 Å². The number of para-hydroxylation sites is 2. The number of hydrogen-bond donors (Lipinski definition) is 1. The van der Waals surface area contributed by atoms with Gasteiger partial charge in [0.1, 0.15) is 12.0 Å². The number of amidine groups is 2. The summed E-state index contributed by atoms with van der Waals surface area (Å²) in [5.41, 5.74) is 8.52. The molecule has 6 aromatic carbocycles. The third-order valence-electron chi connectivity index (χ3n) is 8.85. The molecule has 1 unspecified atom stereocenters. The Balaban J connectivity index is 1.10. The summed E-state index contributed by atoms with van der Waals surface area (Å²) in [6.07, 6.45) is 3.28. The van der Waals surface area contributed by atoms with Gasteiger partial charge in [-0.2, -0.15) is 0 Å². The van der Waals surface area contributed by atoms with Crippen LogP contribution in [0.25, 0.3) is 49.7 Å². The molecule has 8 aromatic rings. The molecule has 3 heterocycles. The lowest BCUT2D eigenvalue weighted by molar-refractivity contribution is 0.674. The van der Waals surface area contributed by atoms with Crippen molar-refractivity contribution in [1.82, 2.24) is 14.9 Å². The van der Waals surface area contributed by atoms with Gasteiger partial charge in [-0.3, -0.25) is 4.98 Å². The van der Waals surface area contributed by atoms with Crippen LogP contribution in [-0.4, -0.2) is 21.2 Å². The fourth-order valence-electron chi connectivity index (χ4n) is 6.47. The van der Waals surface area contributed by atoms with Crippen molar-refractivity contribution in [2.45, 2.75) is 6.17 Å². The van der Waals surface area contributed by atoms with E-state index in [4.69, 9.17) is 16.8 Å². The van der Waals surface area contributed by atoms with Crippen LogP contribution in [-0.2, 0) is 0 Å². The normalized spacial score (nSPS) is 15.8. The second-order valence-corrected chi connectivity index (χ2v) is 11.8. The second kappa shape index (κ2) is 12.2. The smallest absolute Gasteiger partial charge is 0.159 e. The minimum atomic E-state index is -0.413. The van der Waals surface area contributed by atoms with Crippen LogP contribution >= 0.6 is 0 Å². The number of nitrogens with one attached hydrogen (secondary N) is 1. The topological polar surface area (TPSA) is 54.6 Å². The second-order valence-electron chi connectivity index (χ2n) is 11.8. The number of nitrogens with zero attached hydrogens (tertiary/aromatic N) is 4. The molecule has 9 rings (SSSR count). The Labute approximate surface area is 291 Å². The standard InChI is InChI=1S/C44H31N5/c1-3-11-31(12-4-1)42-46-43(48-44(47-42)35-14-9-13-33(27-35)36-15-10-26-45-29-36)32-22-20-30(21-23-32)34-24-25-41-39(28-34)38-18-7-8-19-40(38)49(41)37-16-5-2-6-17-37/h1-29,42H,(H,46,47,48)/i2D,5D,6D,16D,17D. The number of fused-ring (bicyclic) bond motifs is 3. The van der Waals surface area contributed by atoms with E-state index in [-0.39, 0.29) is 36.0 Å². The molecule has 0 radical (unpaired) electrons. The van der Waals surface area contributed by atoms with Crippen LogP contribution in [0, 0.1) is 0 Å². The molecule has 1 aliphatic rings.